The molecule has 1 fully saturated rings. The molecule has 9 heteroatoms. The molecule has 1 N–H and O–H groups in total. The number of carbonyl (C=O) groups is 1. The second-order valence-corrected chi connectivity index (χ2v) is 7.96. The zero-order valence-electron chi connectivity index (χ0n) is 15.8. The van der Waals surface area contributed by atoms with E-state index in [2.05, 4.69) is 22.1 Å². The molecule has 0 radical (unpaired) electrons. The predicted octanol–water partition coefficient (Wildman–Crippen LogP) is 4.32. The molecule has 0 unspecified atom stereocenters. The number of thioether (sulfide) groups is 1. The number of halogens is 3. The summed E-state index contributed by atoms with van der Waals surface area (Å²) < 4.78 is 38.7. The lowest BCUT2D eigenvalue weighted by Gasteiger charge is -2.30. The second-order valence-electron chi connectivity index (χ2n) is 7.02. The summed E-state index contributed by atoms with van der Waals surface area (Å²) in [4.78, 5) is 17.7. The summed E-state index contributed by atoms with van der Waals surface area (Å²) in [5.74, 6) is 0.0631. The number of alkyl halides is 3. The van der Waals surface area contributed by atoms with E-state index in [1.54, 1.807) is 6.92 Å². The van der Waals surface area contributed by atoms with Gasteiger partial charge in [-0.2, -0.15) is 13.2 Å². The minimum absolute atomic E-state index is 0.126. The second kappa shape index (κ2) is 8.55. The maximum Gasteiger partial charge on any atom is 0.406 e. The number of aromatic nitrogens is 3. The molecule has 5 nitrogen and oxygen atoms in total. The van der Waals surface area contributed by atoms with Crippen LogP contribution in [0.5, 0.6) is 0 Å². The zero-order chi connectivity index (χ0) is 20.3. The molecular formula is C19H23F3N4OS. The number of carbonyl (C=O) groups excluding carboxylic acids is 1. The molecule has 1 heterocycles. The number of aryl methyl sites for hydroxylation is 1. The first-order chi connectivity index (χ1) is 13.3. The number of hydrogen-bond donors (Lipinski definition) is 1. The van der Waals surface area contributed by atoms with Gasteiger partial charge in [0.15, 0.2) is 5.82 Å². The maximum absolute atomic E-state index is 12.9. The summed E-state index contributed by atoms with van der Waals surface area (Å²) >= 11 is 1.04. The Hall–Kier alpha value is -2.03. The monoisotopic (exact) mass is 412 g/mol. The maximum atomic E-state index is 12.9. The van der Waals surface area contributed by atoms with Crippen molar-refractivity contribution >= 4 is 17.7 Å². The zero-order valence-corrected chi connectivity index (χ0v) is 16.6. The Labute approximate surface area is 166 Å². The predicted molar refractivity (Wildman–Crippen MR) is 102 cm³/mol. The van der Waals surface area contributed by atoms with Crippen LogP contribution in [0.15, 0.2) is 29.4 Å². The van der Waals surface area contributed by atoms with Gasteiger partial charge in [-0.25, -0.2) is 4.98 Å². The van der Waals surface area contributed by atoms with Crippen LogP contribution in [0.25, 0.3) is 11.4 Å². The van der Waals surface area contributed by atoms with Crippen molar-refractivity contribution in [2.24, 2.45) is 5.92 Å². The highest BCUT2D eigenvalue weighted by atomic mass is 32.2. The lowest BCUT2D eigenvalue weighted by atomic mass is 10.1. The first-order valence-electron chi connectivity index (χ1n) is 9.27. The van der Waals surface area contributed by atoms with Gasteiger partial charge >= 0.3 is 6.18 Å². The smallest absolute Gasteiger partial charge is 0.330 e. The van der Waals surface area contributed by atoms with Gasteiger partial charge in [0.1, 0.15) is 6.54 Å². The minimum Gasteiger partial charge on any atom is -0.330 e. The normalized spacial score (nSPS) is 15.5. The number of amides is 1. The van der Waals surface area contributed by atoms with Crippen molar-refractivity contribution < 1.29 is 18.0 Å². The number of aromatic amines is 1. The van der Waals surface area contributed by atoms with Crippen molar-refractivity contribution in [2.45, 2.75) is 50.5 Å². The highest BCUT2D eigenvalue weighted by Gasteiger charge is 2.40. The Morgan fingerprint density at radius 3 is 2.57 bits per heavy atom. The number of nitrogens with zero attached hydrogens (tertiary/aromatic N) is 3. The summed E-state index contributed by atoms with van der Waals surface area (Å²) in [6.07, 6.45) is -1.73. The largest absolute Gasteiger partial charge is 0.406 e. The van der Waals surface area contributed by atoms with E-state index in [9.17, 15) is 18.0 Å². The highest BCUT2D eigenvalue weighted by Crippen LogP contribution is 2.36. The average Bonchev–Trinajstić information content (AvgIpc) is 3.41. The molecule has 0 aliphatic heterocycles. The third-order valence-electron chi connectivity index (χ3n) is 4.89. The molecule has 2 aromatic rings. The van der Waals surface area contributed by atoms with E-state index >= 15 is 0 Å². The molecule has 1 amide bonds. The molecule has 1 aromatic carbocycles. The molecule has 1 atom stereocenters. The molecule has 1 aromatic heterocycles. The molecule has 1 saturated carbocycles. The standard InChI is InChI=1S/C19H23F3N4OS/c1-3-13-4-6-15(7-5-13)17-23-18(25-24-17)28-10-16(27)26(11-19(20,21)22)12(2)14-8-9-14/h4-7,12,14H,3,8-11H2,1-2H3,(H,23,24,25)/t12-/m0/s1. The summed E-state index contributed by atoms with van der Waals surface area (Å²) in [6, 6.07) is 7.46. The molecule has 28 heavy (non-hydrogen) atoms. The van der Waals surface area contributed by atoms with E-state index < -0.39 is 24.7 Å². The van der Waals surface area contributed by atoms with Gasteiger partial charge in [0.25, 0.3) is 0 Å². The molecule has 0 saturated heterocycles. The van der Waals surface area contributed by atoms with Gasteiger partial charge in [-0.05, 0) is 37.7 Å². The minimum atomic E-state index is -4.41. The average molecular weight is 412 g/mol. The van der Waals surface area contributed by atoms with Gasteiger partial charge in [0.05, 0.1) is 5.75 Å². The summed E-state index contributed by atoms with van der Waals surface area (Å²) in [6.45, 7) is 2.55. The van der Waals surface area contributed by atoms with Gasteiger partial charge in [0.2, 0.25) is 11.1 Å². The fraction of sp³-hybridized carbons (Fsp3) is 0.526. The Balaban J connectivity index is 1.61. The van der Waals surface area contributed by atoms with Crippen LogP contribution in [0.1, 0.15) is 32.3 Å². The Morgan fingerprint density at radius 1 is 1.32 bits per heavy atom. The Morgan fingerprint density at radius 2 is 2.00 bits per heavy atom. The summed E-state index contributed by atoms with van der Waals surface area (Å²) in [5, 5.41) is 7.22. The van der Waals surface area contributed by atoms with Gasteiger partial charge in [-0.3, -0.25) is 9.89 Å². The van der Waals surface area contributed by atoms with Crippen molar-refractivity contribution in [3.05, 3.63) is 29.8 Å². The van der Waals surface area contributed by atoms with Crippen molar-refractivity contribution in [3.8, 4) is 11.4 Å². The van der Waals surface area contributed by atoms with E-state index in [-0.39, 0.29) is 11.7 Å². The molecule has 0 spiro atoms. The van der Waals surface area contributed by atoms with Crippen molar-refractivity contribution in [3.63, 3.8) is 0 Å². The quantitative estimate of drug-likeness (QED) is 0.656. The van der Waals surface area contributed by atoms with E-state index in [0.717, 1.165) is 41.5 Å². The van der Waals surface area contributed by atoms with Crippen LogP contribution >= 0.6 is 11.8 Å². The number of nitrogens with one attached hydrogen (secondary N) is 1. The molecular weight excluding hydrogens is 389 g/mol. The first-order valence-corrected chi connectivity index (χ1v) is 10.3. The molecule has 152 valence electrons. The first kappa shape index (κ1) is 20.7. The van der Waals surface area contributed by atoms with Gasteiger partial charge in [-0.1, -0.05) is 43.0 Å². The van der Waals surface area contributed by atoms with E-state index in [1.807, 2.05) is 24.3 Å². The third-order valence-corrected chi connectivity index (χ3v) is 5.72. The van der Waals surface area contributed by atoms with Crippen LogP contribution in [-0.2, 0) is 11.2 Å². The van der Waals surface area contributed by atoms with Crippen LogP contribution in [0.3, 0.4) is 0 Å². The van der Waals surface area contributed by atoms with E-state index in [0.29, 0.717) is 11.0 Å². The molecule has 1 aliphatic carbocycles. The molecule has 0 bridgehead atoms. The van der Waals surface area contributed by atoms with Crippen LogP contribution in [-0.4, -0.2) is 50.5 Å². The van der Waals surface area contributed by atoms with Crippen molar-refractivity contribution in [1.82, 2.24) is 20.1 Å². The van der Waals surface area contributed by atoms with Crippen LogP contribution in [0.2, 0.25) is 0 Å². The van der Waals surface area contributed by atoms with Gasteiger partial charge in [0, 0.05) is 11.6 Å². The van der Waals surface area contributed by atoms with Crippen LogP contribution < -0.4 is 0 Å². The third kappa shape index (κ3) is 5.50. The molecule has 1 aliphatic rings. The number of benzene rings is 1. The summed E-state index contributed by atoms with van der Waals surface area (Å²) in [7, 11) is 0. The van der Waals surface area contributed by atoms with Gasteiger partial charge in [-0.15, -0.1) is 5.10 Å². The van der Waals surface area contributed by atoms with E-state index in [4.69, 9.17) is 0 Å². The molecule has 3 rings (SSSR count). The Bertz CT molecular complexity index is 802. The SMILES string of the molecule is CCc1ccc(-c2nc(SCC(=O)N(CC(F)(F)F)[C@@H](C)C3CC3)n[nH]2)cc1. The lowest BCUT2D eigenvalue weighted by Crippen LogP contribution is -2.46. The van der Waals surface area contributed by atoms with E-state index in [1.165, 1.54) is 5.56 Å². The fourth-order valence-electron chi connectivity index (χ4n) is 3.03. The number of rotatable bonds is 8. The number of hydrogen-bond acceptors (Lipinski definition) is 4. The fourth-order valence-corrected chi connectivity index (χ4v) is 3.72. The number of H-pyrrole nitrogens is 1. The van der Waals surface area contributed by atoms with Crippen molar-refractivity contribution in [1.29, 1.82) is 0 Å². The Kier molecular flexibility index (Phi) is 6.32. The van der Waals surface area contributed by atoms with Gasteiger partial charge < -0.3 is 4.90 Å². The topological polar surface area (TPSA) is 61.9 Å². The van der Waals surface area contributed by atoms with Crippen LogP contribution in [0, 0.1) is 5.92 Å². The van der Waals surface area contributed by atoms with Crippen LogP contribution in [0.4, 0.5) is 13.2 Å². The summed E-state index contributed by atoms with van der Waals surface area (Å²) in [5.41, 5.74) is 2.07. The lowest BCUT2D eigenvalue weighted by molar-refractivity contribution is -0.164. The highest BCUT2D eigenvalue weighted by molar-refractivity contribution is 7.99. The van der Waals surface area contributed by atoms with Crippen molar-refractivity contribution in [2.75, 3.05) is 12.3 Å².